The van der Waals surface area contributed by atoms with Gasteiger partial charge in [-0.3, -0.25) is 0 Å². The van der Waals surface area contributed by atoms with Gasteiger partial charge in [0.15, 0.2) is 0 Å². The molecule has 0 spiro atoms. The van der Waals surface area contributed by atoms with Gasteiger partial charge in [0.1, 0.15) is 11.9 Å². The molecule has 1 rings (SSSR count). The van der Waals surface area contributed by atoms with Crippen molar-refractivity contribution in [2.75, 3.05) is 13.7 Å². The molecule has 0 saturated heterocycles. The Morgan fingerprint density at radius 2 is 2.00 bits per heavy atom. The molecule has 0 heterocycles. The lowest BCUT2D eigenvalue weighted by molar-refractivity contribution is -0.0520. The zero-order valence-electron chi connectivity index (χ0n) is 11.2. The van der Waals surface area contributed by atoms with Crippen LogP contribution in [0.3, 0.4) is 0 Å². The maximum absolute atomic E-state index is 13.8. The maximum atomic E-state index is 13.8. The van der Waals surface area contributed by atoms with Crippen LogP contribution in [0, 0.1) is 5.82 Å². The van der Waals surface area contributed by atoms with E-state index in [1.165, 1.54) is 6.07 Å². The summed E-state index contributed by atoms with van der Waals surface area (Å²) < 4.78 is 24.7. The van der Waals surface area contributed by atoms with Crippen LogP contribution in [-0.2, 0) is 9.47 Å². The number of hydrogen-bond acceptors (Lipinski definition) is 3. The molecule has 0 fully saturated rings. The van der Waals surface area contributed by atoms with E-state index in [0.717, 1.165) is 6.42 Å². The van der Waals surface area contributed by atoms with E-state index in [9.17, 15) is 4.39 Å². The molecular formula is C14H22FNO2. The van der Waals surface area contributed by atoms with E-state index in [1.807, 2.05) is 13.8 Å². The quantitative estimate of drug-likeness (QED) is 0.814. The number of nitrogens with two attached hydrogens (primary N) is 1. The topological polar surface area (TPSA) is 44.5 Å². The Labute approximate surface area is 108 Å². The third kappa shape index (κ3) is 4.05. The van der Waals surface area contributed by atoms with E-state index in [2.05, 4.69) is 0 Å². The highest BCUT2D eigenvalue weighted by molar-refractivity contribution is 5.21. The van der Waals surface area contributed by atoms with Crippen LogP contribution in [0.4, 0.5) is 4.39 Å². The minimum Gasteiger partial charge on any atom is -0.382 e. The van der Waals surface area contributed by atoms with Crippen molar-refractivity contribution in [2.24, 2.45) is 5.73 Å². The normalized spacial score (nSPS) is 16.3. The van der Waals surface area contributed by atoms with Gasteiger partial charge in [-0.25, -0.2) is 4.39 Å². The lowest BCUT2D eigenvalue weighted by Gasteiger charge is -2.27. The van der Waals surface area contributed by atoms with Crippen LogP contribution in [0.25, 0.3) is 0 Å². The molecule has 0 saturated carbocycles. The number of benzene rings is 1. The van der Waals surface area contributed by atoms with Crippen molar-refractivity contribution < 1.29 is 13.9 Å². The summed E-state index contributed by atoms with van der Waals surface area (Å²) in [6.45, 7) is 4.31. The first-order chi connectivity index (χ1) is 8.60. The first-order valence-electron chi connectivity index (χ1n) is 6.24. The molecule has 2 N–H and O–H groups in total. The van der Waals surface area contributed by atoms with Crippen LogP contribution in [0.1, 0.15) is 31.9 Å². The Morgan fingerprint density at radius 3 is 2.56 bits per heavy atom. The molecule has 0 amide bonds. The summed E-state index contributed by atoms with van der Waals surface area (Å²) in [7, 11) is 1.61. The van der Waals surface area contributed by atoms with Crippen LogP contribution >= 0.6 is 0 Å². The van der Waals surface area contributed by atoms with E-state index in [0.29, 0.717) is 12.2 Å². The Hall–Kier alpha value is -0.970. The Balaban J connectivity index is 2.88. The third-order valence-electron chi connectivity index (χ3n) is 2.85. The summed E-state index contributed by atoms with van der Waals surface area (Å²) in [5.74, 6) is -0.281. The number of methoxy groups -OCH3 is 1. The predicted molar refractivity (Wildman–Crippen MR) is 69.8 cm³/mol. The molecule has 0 aliphatic heterocycles. The van der Waals surface area contributed by atoms with Crippen molar-refractivity contribution in [3.05, 3.63) is 35.6 Å². The standard InChI is InChI=1S/C14H22FNO2/c1-4-13(16)14(18-10(2)9-17-3)11-7-5-6-8-12(11)15/h5-8,10,13-14H,4,9,16H2,1-3H3. The second-order valence-corrected chi connectivity index (χ2v) is 4.42. The van der Waals surface area contributed by atoms with E-state index in [1.54, 1.807) is 25.3 Å². The average molecular weight is 255 g/mol. The van der Waals surface area contributed by atoms with E-state index in [-0.39, 0.29) is 18.0 Å². The SMILES string of the molecule is CCC(N)C(OC(C)COC)c1ccccc1F. The van der Waals surface area contributed by atoms with Crippen LogP contribution in [0.2, 0.25) is 0 Å². The molecule has 18 heavy (non-hydrogen) atoms. The predicted octanol–water partition coefficient (Wildman–Crippen LogP) is 2.66. The van der Waals surface area contributed by atoms with E-state index in [4.69, 9.17) is 15.2 Å². The number of halogens is 1. The first-order valence-corrected chi connectivity index (χ1v) is 6.24. The fourth-order valence-electron chi connectivity index (χ4n) is 1.85. The van der Waals surface area contributed by atoms with Gasteiger partial charge in [0, 0.05) is 18.7 Å². The van der Waals surface area contributed by atoms with Gasteiger partial charge >= 0.3 is 0 Å². The molecule has 102 valence electrons. The highest BCUT2D eigenvalue weighted by Crippen LogP contribution is 2.26. The second kappa shape index (κ2) is 7.46. The highest BCUT2D eigenvalue weighted by atomic mass is 19.1. The molecule has 4 heteroatoms. The summed E-state index contributed by atoms with van der Waals surface area (Å²) in [6, 6.07) is 6.36. The monoisotopic (exact) mass is 255 g/mol. The lowest BCUT2D eigenvalue weighted by Crippen LogP contribution is -2.33. The third-order valence-corrected chi connectivity index (χ3v) is 2.85. The van der Waals surface area contributed by atoms with Gasteiger partial charge in [0.05, 0.1) is 12.7 Å². The van der Waals surface area contributed by atoms with E-state index >= 15 is 0 Å². The smallest absolute Gasteiger partial charge is 0.129 e. The minimum absolute atomic E-state index is 0.128. The van der Waals surface area contributed by atoms with Gasteiger partial charge in [-0.1, -0.05) is 25.1 Å². The highest BCUT2D eigenvalue weighted by Gasteiger charge is 2.24. The van der Waals surface area contributed by atoms with Crippen LogP contribution in [0.15, 0.2) is 24.3 Å². The zero-order valence-corrected chi connectivity index (χ0v) is 11.2. The summed E-state index contributed by atoms with van der Waals surface area (Å²) in [6.07, 6.45) is 0.150. The molecule has 0 aliphatic rings. The van der Waals surface area contributed by atoms with Crippen LogP contribution < -0.4 is 5.73 Å². The molecular weight excluding hydrogens is 233 g/mol. The van der Waals surface area contributed by atoms with Crippen molar-refractivity contribution in [1.29, 1.82) is 0 Å². The molecule has 1 aromatic rings. The average Bonchev–Trinajstić information content (AvgIpc) is 2.36. The molecule has 0 aromatic heterocycles. The summed E-state index contributed by atoms with van der Waals surface area (Å²) in [4.78, 5) is 0. The Kier molecular flexibility index (Phi) is 6.25. The molecule has 3 unspecified atom stereocenters. The van der Waals surface area contributed by atoms with Crippen LogP contribution in [-0.4, -0.2) is 25.9 Å². The fraction of sp³-hybridized carbons (Fsp3) is 0.571. The van der Waals surface area contributed by atoms with Gasteiger partial charge in [-0.15, -0.1) is 0 Å². The van der Waals surface area contributed by atoms with Crippen molar-refractivity contribution in [2.45, 2.75) is 38.5 Å². The largest absolute Gasteiger partial charge is 0.382 e. The molecule has 0 aliphatic carbocycles. The Bertz CT molecular complexity index is 359. The Morgan fingerprint density at radius 1 is 1.33 bits per heavy atom. The van der Waals surface area contributed by atoms with Gasteiger partial charge in [0.2, 0.25) is 0 Å². The zero-order chi connectivity index (χ0) is 13.5. The molecule has 0 radical (unpaired) electrons. The van der Waals surface area contributed by atoms with Gasteiger partial charge < -0.3 is 15.2 Å². The van der Waals surface area contributed by atoms with Crippen molar-refractivity contribution >= 4 is 0 Å². The van der Waals surface area contributed by atoms with Crippen LogP contribution in [0.5, 0.6) is 0 Å². The van der Waals surface area contributed by atoms with Gasteiger partial charge in [-0.05, 0) is 19.4 Å². The second-order valence-electron chi connectivity index (χ2n) is 4.42. The van der Waals surface area contributed by atoms with Gasteiger partial charge in [0.25, 0.3) is 0 Å². The molecule has 3 atom stereocenters. The lowest BCUT2D eigenvalue weighted by atomic mass is 10.00. The molecule has 1 aromatic carbocycles. The van der Waals surface area contributed by atoms with E-state index < -0.39 is 6.10 Å². The number of rotatable bonds is 7. The molecule has 0 bridgehead atoms. The summed E-state index contributed by atoms with van der Waals surface area (Å²) >= 11 is 0. The van der Waals surface area contributed by atoms with Crippen molar-refractivity contribution in [3.63, 3.8) is 0 Å². The fourth-order valence-corrected chi connectivity index (χ4v) is 1.85. The van der Waals surface area contributed by atoms with Gasteiger partial charge in [-0.2, -0.15) is 0 Å². The summed E-state index contributed by atoms with van der Waals surface area (Å²) in [5, 5.41) is 0. The van der Waals surface area contributed by atoms with Crippen molar-refractivity contribution in [3.8, 4) is 0 Å². The first kappa shape index (κ1) is 15.1. The minimum atomic E-state index is -0.443. The van der Waals surface area contributed by atoms with Crippen molar-refractivity contribution in [1.82, 2.24) is 0 Å². The summed E-state index contributed by atoms with van der Waals surface area (Å²) in [5.41, 5.74) is 6.54. The maximum Gasteiger partial charge on any atom is 0.129 e. The number of hydrogen-bond donors (Lipinski definition) is 1. The number of ether oxygens (including phenoxy) is 2. The molecule has 3 nitrogen and oxygen atoms in total.